The van der Waals surface area contributed by atoms with Gasteiger partial charge in [-0.3, -0.25) is 4.79 Å². The first-order valence-corrected chi connectivity index (χ1v) is 7.34. The van der Waals surface area contributed by atoms with Crippen LogP contribution in [0.5, 0.6) is 5.75 Å². The largest absolute Gasteiger partial charge is 0.476 e. The van der Waals surface area contributed by atoms with Gasteiger partial charge in [0.2, 0.25) is 0 Å². The molecule has 0 bridgehead atoms. The van der Waals surface area contributed by atoms with Gasteiger partial charge in [-0.1, -0.05) is 6.07 Å². The minimum atomic E-state index is -0.835. The molecule has 21 heavy (non-hydrogen) atoms. The number of fused-ring (bicyclic) bond motifs is 1. The van der Waals surface area contributed by atoms with Gasteiger partial charge < -0.3 is 20.3 Å². The zero-order valence-electron chi connectivity index (χ0n) is 13.3. The molecule has 1 aromatic rings. The van der Waals surface area contributed by atoms with Crippen molar-refractivity contribution in [2.24, 2.45) is 5.73 Å². The van der Waals surface area contributed by atoms with Crippen molar-refractivity contribution in [1.29, 1.82) is 0 Å². The van der Waals surface area contributed by atoms with E-state index >= 15 is 0 Å². The first-order chi connectivity index (χ1) is 9.85. The van der Waals surface area contributed by atoms with E-state index < -0.39 is 5.60 Å². The Hall–Kier alpha value is -1.59. The number of hydrogen-bond acceptors (Lipinski definition) is 4. The Bertz CT molecular complexity index is 526. The van der Waals surface area contributed by atoms with Gasteiger partial charge in [0.05, 0.1) is 5.69 Å². The summed E-state index contributed by atoms with van der Waals surface area (Å²) in [5, 5.41) is 0. The topological polar surface area (TPSA) is 58.8 Å². The van der Waals surface area contributed by atoms with Crippen LogP contribution in [0.2, 0.25) is 0 Å². The fraction of sp³-hybridized carbons (Fsp3) is 0.562. The van der Waals surface area contributed by atoms with E-state index in [0.717, 1.165) is 30.0 Å². The molecule has 1 aliphatic rings. The quantitative estimate of drug-likeness (QED) is 0.895. The number of nitrogens with zero attached hydrogens (tertiary/aromatic N) is 2. The molecule has 1 aromatic carbocycles. The lowest BCUT2D eigenvalue weighted by molar-refractivity contribution is -0.132. The third-order valence-corrected chi connectivity index (χ3v) is 3.66. The normalized spacial score (nSPS) is 16.9. The molecule has 1 aliphatic heterocycles. The maximum atomic E-state index is 12.6. The Morgan fingerprint density at radius 3 is 2.67 bits per heavy atom. The Morgan fingerprint density at radius 2 is 2.05 bits per heavy atom. The molecule has 0 unspecified atom stereocenters. The van der Waals surface area contributed by atoms with Crippen LogP contribution in [0.3, 0.4) is 0 Å². The summed E-state index contributed by atoms with van der Waals surface area (Å²) in [4.78, 5) is 16.6. The van der Waals surface area contributed by atoms with Crippen LogP contribution >= 0.6 is 0 Å². The molecule has 0 fully saturated rings. The van der Waals surface area contributed by atoms with E-state index in [4.69, 9.17) is 10.5 Å². The molecule has 2 rings (SSSR count). The van der Waals surface area contributed by atoms with Gasteiger partial charge in [0, 0.05) is 13.1 Å². The SMILES string of the molecule is CN(C)CCCN1C(=O)C(C)(C)Oc2cc(CN)ccc21. The molecule has 0 atom stereocenters. The number of benzene rings is 1. The van der Waals surface area contributed by atoms with Crippen molar-refractivity contribution in [3.05, 3.63) is 23.8 Å². The van der Waals surface area contributed by atoms with E-state index in [1.165, 1.54) is 0 Å². The molecule has 0 spiro atoms. The van der Waals surface area contributed by atoms with Crippen LogP contribution in [0.15, 0.2) is 18.2 Å². The van der Waals surface area contributed by atoms with E-state index in [9.17, 15) is 4.79 Å². The average molecular weight is 291 g/mol. The molecule has 0 saturated carbocycles. The van der Waals surface area contributed by atoms with E-state index in [-0.39, 0.29) is 5.91 Å². The fourth-order valence-electron chi connectivity index (χ4n) is 2.51. The van der Waals surface area contributed by atoms with E-state index in [0.29, 0.717) is 13.1 Å². The predicted octanol–water partition coefficient (Wildman–Crippen LogP) is 1.60. The highest BCUT2D eigenvalue weighted by Crippen LogP contribution is 2.38. The molecular formula is C16H25N3O2. The van der Waals surface area contributed by atoms with E-state index in [2.05, 4.69) is 4.90 Å². The number of carbonyl (C=O) groups excluding carboxylic acids is 1. The lowest BCUT2D eigenvalue weighted by atomic mass is 10.0. The maximum absolute atomic E-state index is 12.6. The van der Waals surface area contributed by atoms with Crippen molar-refractivity contribution >= 4 is 11.6 Å². The molecule has 2 N–H and O–H groups in total. The van der Waals surface area contributed by atoms with Gasteiger partial charge in [-0.15, -0.1) is 0 Å². The number of ether oxygens (including phenoxy) is 1. The third kappa shape index (κ3) is 3.36. The van der Waals surface area contributed by atoms with Crippen LogP contribution in [0, 0.1) is 0 Å². The molecule has 0 saturated heterocycles. The summed E-state index contributed by atoms with van der Waals surface area (Å²) in [6, 6.07) is 5.82. The minimum Gasteiger partial charge on any atom is -0.476 e. The van der Waals surface area contributed by atoms with Gasteiger partial charge in [0.25, 0.3) is 5.91 Å². The average Bonchev–Trinajstić information content (AvgIpc) is 2.41. The Balaban J connectivity index is 2.28. The maximum Gasteiger partial charge on any atom is 0.270 e. The molecule has 1 heterocycles. The summed E-state index contributed by atoms with van der Waals surface area (Å²) in [7, 11) is 4.07. The van der Waals surface area contributed by atoms with Crippen molar-refractivity contribution in [2.45, 2.75) is 32.4 Å². The van der Waals surface area contributed by atoms with Crippen molar-refractivity contribution in [2.75, 3.05) is 32.1 Å². The molecular weight excluding hydrogens is 266 g/mol. The number of carbonyl (C=O) groups is 1. The molecule has 5 nitrogen and oxygen atoms in total. The van der Waals surface area contributed by atoms with Crippen molar-refractivity contribution in [3.8, 4) is 5.75 Å². The number of hydrogen-bond donors (Lipinski definition) is 1. The van der Waals surface area contributed by atoms with Crippen molar-refractivity contribution < 1.29 is 9.53 Å². The van der Waals surface area contributed by atoms with Gasteiger partial charge in [-0.2, -0.15) is 0 Å². The molecule has 5 heteroatoms. The fourth-order valence-corrected chi connectivity index (χ4v) is 2.51. The van der Waals surface area contributed by atoms with Gasteiger partial charge in [-0.05, 0) is 58.6 Å². The summed E-state index contributed by atoms with van der Waals surface area (Å²) >= 11 is 0. The number of anilines is 1. The molecule has 0 aliphatic carbocycles. The smallest absolute Gasteiger partial charge is 0.270 e. The second-order valence-corrected chi connectivity index (χ2v) is 6.23. The summed E-state index contributed by atoms with van der Waals surface area (Å²) in [6.07, 6.45) is 0.924. The van der Waals surface area contributed by atoms with Gasteiger partial charge in [0.1, 0.15) is 5.75 Å². The highest BCUT2D eigenvalue weighted by Gasteiger charge is 2.40. The first kappa shape index (κ1) is 15.8. The molecule has 0 radical (unpaired) electrons. The number of nitrogens with two attached hydrogens (primary N) is 1. The Morgan fingerprint density at radius 1 is 1.33 bits per heavy atom. The van der Waals surface area contributed by atoms with Crippen LogP contribution < -0.4 is 15.4 Å². The van der Waals surface area contributed by atoms with Gasteiger partial charge in [0.15, 0.2) is 5.60 Å². The third-order valence-electron chi connectivity index (χ3n) is 3.66. The summed E-state index contributed by atoms with van der Waals surface area (Å²) in [5.74, 6) is 0.752. The second kappa shape index (κ2) is 6.03. The lowest BCUT2D eigenvalue weighted by Crippen LogP contribution is -2.53. The highest BCUT2D eigenvalue weighted by molar-refractivity contribution is 6.02. The second-order valence-electron chi connectivity index (χ2n) is 6.23. The van der Waals surface area contributed by atoms with E-state index in [1.807, 2.05) is 51.0 Å². The molecule has 0 aromatic heterocycles. The van der Waals surface area contributed by atoms with E-state index in [1.54, 1.807) is 0 Å². The lowest BCUT2D eigenvalue weighted by Gasteiger charge is -2.39. The summed E-state index contributed by atoms with van der Waals surface area (Å²) in [6.45, 7) is 5.73. The van der Waals surface area contributed by atoms with Crippen molar-refractivity contribution in [3.63, 3.8) is 0 Å². The first-order valence-electron chi connectivity index (χ1n) is 7.34. The van der Waals surface area contributed by atoms with Crippen molar-refractivity contribution in [1.82, 2.24) is 4.90 Å². The monoisotopic (exact) mass is 291 g/mol. The van der Waals surface area contributed by atoms with Gasteiger partial charge >= 0.3 is 0 Å². The number of rotatable bonds is 5. The summed E-state index contributed by atoms with van der Waals surface area (Å²) < 4.78 is 5.87. The molecule has 116 valence electrons. The van der Waals surface area contributed by atoms with Gasteiger partial charge in [-0.25, -0.2) is 0 Å². The van der Waals surface area contributed by atoms with Crippen LogP contribution in [0.4, 0.5) is 5.69 Å². The van der Waals surface area contributed by atoms with Crippen LogP contribution in [-0.4, -0.2) is 43.6 Å². The number of amides is 1. The highest BCUT2D eigenvalue weighted by atomic mass is 16.5. The van der Waals surface area contributed by atoms with Crippen LogP contribution in [0.1, 0.15) is 25.8 Å². The van der Waals surface area contributed by atoms with Crippen LogP contribution in [-0.2, 0) is 11.3 Å². The van der Waals surface area contributed by atoms with Crippen LogP contribution in [0.25, 0.3) is 0 Å². The minimum absolute atomic E-state index is 0.00857. The zero-order chi connectivity index (χ0) is 15.6. The summed E-state index contributed by atoms with van der Waals surface area (Å²) in [5.41, 5.74) is 6.70. The zero-order valence-corrected chi connectivity index (χ0v) is 13.3. The Labute approximate surface area is 126 Å². The predicted molar refractivity (Wildman–Crippen MR) is 84.6 cm³/mol. The molecule has 1 amide bonds. The Kier molecular flexibility index (Phi) is 4.54. The standard InChI is InChI=1S/C16H25N3O2/c1-16(2)15(20)19(9-5-8-18(3)4)13-7-6-12(11-17)10-14(13)21-16/h6-7,10H,5,8-9,11,17H2,1-4H3.